The maximum Gasteiger partial charge on any atom is 0.188 e. The van der Waals surface area contributed by atoms with Crippen LogP contribution in [0.25, 0.3) is 0 Å². The predicted molar refractivity (Wildman–Crippen MR) is 67.5 cm³/mol. The van der Waals surface area contributed by atoms with Crippen LogP contribution < -0.4 is 11.1 Å². The molecule has 0 heterocycles. The first-order valence-electron chi connectivity index (χ1n) is 4.88. The van der Waals surface area contributed by atoms with Gasteiger partial charge in [-0.2, -0.15) is 0 Å². The molecule has 0 aliphatic carbocycles. The zero-order valence-electron chi connectivity index (χ0n) is 9.16. The van der Waals surface area contributed by atoms with Gasteiger partial charge in [0, 0.05) is 24.2 Å². The zero-order chi connectivity index (χ0) is 11.1. The molecule has 0 atom stereocenters. The van der Waals surface area contributed by atoms with Crippen LogP contribution in [-0.2, 0) is 0 Å². The molecule has 3 N–H and O–H groups in total. The highest BCUT2D eigenvalue weighted by atomic mass is 32.2. The number of nitrogens with zero attached hydrogens (tertiary/aromatic N) is 1. The van der Waals surface area contributed by atoms with Crippen LogP contribution >= 0.6 is 11.8 Å². The van der Waals surface area contributed by atoms with E-state index in [1.54, 1.807) is 7.05 Å². The van der Waals surface area contributed by atoms with Gasteiger partial charge in [0.25, 0.3) is 0 Å². The fourth-order valence-corrected chi connectivity index (χ4v) is 1.83. The number of guanidine groups is 1. The Labute approximate surface area is 95.2 Å². The van der Waals surface area contributed by atoms with E-state index >= 15 is 0 Å². The zero-order valence-corrected chi connectivity index (χ0v) is 9.97. The third-order valence-electron chi connectivity index (χ3n) is 1.94. The Morgan fingerprint density at radius 2 is 2.07 bits per heavy atom. The van der Waals surface area contributed by atoms with Gasteiger partial charge in [-0.25, -0.2) is 0 Å². The molecule has 0 aromatic heterocycles. The Kier molecular flexibility index (Phi) is 5.04. The topological polar surface area (TPSA) is 50.4 Å². The Hall–Kier alpha value is -1.16. The summed E-state index contributed by atoms with van der Waals surface area (Å²) in [7, 11) is 1.68. The Morgan fingerprint density at radius 3 is 2.67 bits per heavy atom. The summed E-state index contributed by atoms with van der Waals surface area (Å²) in [6, 6.07) is 8.52. The lowest BCUT2D eigenvalue weighted by Gasteiger charge is -2.04. The van der Waals surface area contributed by atoms with Crippen molar-refractivity contribution in [2.75, 3.05) is 19.3 Å². The molecule has 0 saturated heterocycles. The Balaban J connectivity index is 2.23. The number of nitrogens with one attached hydrogen (secondary N) is 1. The first-order chi connectivity index (χ1) is 7.22. The maximum absolute atomic E-state index is 5.50. The van der Waals surface area contributed by atoms with E-state index in [0.29, 0.717) is 5.96 Å². The molecule has 0 aliphatic rings. The molecule has 3 nitrogen and oxygen atoms in total. The molecule has 4 heteroatoms. The summed E-state index contributed by atoms with van der Waals surface area (Å²) in [4.78, 5) is 5.11. The average Bonchev–Trinajstić information content (AvgIpc) is 2.26. The average molecular weight is 223 g/mol. The van der Waals surface area contributed by atoms with Crippen molar-refractivity contribution in [3.05, 3.63) is 29.8 Å². The Bertz CT molecular complexity index is 319. The summed E-state index contributed by atoms with van der Waals surface area (Å²) >= 11 is 1.81. The number of nitrogens with two attached hydrogens (primary N) is 1. The molecular weight excluding hydrogens is 206 g/mol. The van der Waals surface area contributed by atoms with Crippen LogP contribution in [0.4, 0.5) is 0 Å². The second-order valence-corrected chi connectivity index (χ2v) is 4.37. The van der Waals surface area contributed by atoms with Crippen molar-refractivity contribution in [2.45, 2.75) is 11.8 Å². The first-order valence-corrected chi connectivity index (χ1v) is 5.86. The molecule has 0 bridgehead atoms. The molecule has 0 unspecified atom stereocenters. The lowest BCUT2D eigenvalue weighted by atomic mass is 10.2. The van der Waals surface area contributed by atoms with Gasteiger partial charge in [0.15, 0.2) is 5.96 Å². The third-order valence-corrected chi connectivity index (χ3v) is 2.95. The fraction of sp³-hybridized carbons (Fsp3) is 0.364. The second-order valence-electron chi connectivity index (χ2n) is 3.20. The number of thioether (sulfide) groups is 1. The van der Waals surface area contributed by atoms with Gasteiger partial charge >= 0.3 is 0 Å². The van der Waals surface area contributed by atoms with Crippen LogP contribution in [0.2, 0.25) is 0 Å². The number of aryl methyl sites for hydroxylation is 1. The smallest absolute Gasteiger partial charge is 0.188 e. The summed E-state index contributed by atoms with van der Waals surface area (Å²) in [5.74, 6) is 1.48. The van der Waals surface area contributed by atoms with E-state index in [1.807, 2.05) is 11.8 Å². The van der Waals surface area contributed by atoms with Gasteiger partial charge in [-0.05, 0) is 19.1 Å². The molecule has 15 heavy (non-hydrogen) atoms. The highest BCUT2D eigenvalue weighted by Gasteiger charge is 1.94. The van der Waals surface area contributed by atoms with Crippen LogP contribution in [0, 0.1) is 6.92 Å². The van der Waals surface area contributed by atoms with Crippen LogP contribution in [0.15, 0.2) is 34.2 Å². The highest BCUT2D eigenvalue weighted by Crippen LogP contribution is 2.17. The molecule has 0 spiro atoms. The molecule has 1 rings (SSSR count). The van der Waals surface area contributed by atoms with Crippen molar-refractivity contribution in [3.8, 4) is 0 Å². The minimum absolute atomic E-state index is 0.500. The number of aliphatic imine (C=N–C) groups is 1. The first kappa shape index (κ1) is 11.9. The van der Waals surface area contributed by atoms with Gasteiger partial charge in [-0.3, -0.25) is 4.99 Å². The third kappa shape index (κ3) is 4.74. The lowest BCUT2D eigenvalue weighted by Crippen LogP contribution is -2.32. The van der Waals surface area contributed by atoms with E-state index in [4.69, 9.17) is 5.73 Å². The van der Waals surface area contributed by atoms with E-state index in [0.717, 1.165) is 12.3 Å². The standard InChI is InChI=1S/C11H17N3S/c1-9-3-5-10(6-4-9)15-8-7-14-11(12)13-2/h3-6H,7-8H2,1-2H3,(H3,12,13,14). The van der Waals surface area contributed by atoms with Crippen molar-refractivity contribution in [2.24, 2.45) is 10.7 Å². The van der Waals surface area contributed by atoms with Crippen molar-refractivity contribution in [3.63, 3.8) is 0 Å². The summed E-state index contributed by atoms with van der Waals surface area (Å²) < 4.78 is 0. The number of rotatable bonds is 4. The lowest BCUT2D eigenvalue weighted by molar-refractivity contribution is 0.959. The monoisotopic (exact) mass is 223 g/mol. The number of benzene rings is 1. The van der Waals surface area contributed by atoms with Gasteiger partial charge in [-0.1, -0.05) is 17.7 Å². The van der Waals surface area contributed by atoms with E-state index in [1.165, 1.54) is 10.5 Å². The van der Waals surface area contributed by atoms with Crippen LogP contribution in [-0.4, -0.2) is 25.3 Å². The largest absolute Gasteiger partial charge is 0.370 e. The van der Waals surface area contributed by atoms with E-state index in [2.05, 4.69) is 41.5 Å². The van der Waals surface area contributed by atoms with E-state index in [9.17, 15) is 0 Å². The number of hydrogen-bond acceptors (Lipinski definition) is 2. The quantitative estimate of drug-likeness (QED) is 0.353. The molecule has 0 saturated carbocycles. The minimum Gasteiger partial charge on any atom is -0.370 e. The molecule has 1 aromatic carbocycles. The van der Waals surface area contributed by atoms with Crippen LogP contribution in [0.3, 0.4) is 0 Å². The van der Waals surface area contributed by atoms with Crippen molar-refractivity contribution < 1.29 is 0 Å². The predicted octanol–water partition coefficient (Wildman–Crippen LogP) is 1.62. The van der Waals surface area contributed by atoms with Crippen molar-refractivity contribution in [1.29, 1.82) is 0 Å². The summed E-state index contributed by atoms with van der Waals surface area (Å²) in [6.45, 7) is 2.93. The van der Waals surface area contributed by atoms with Crippen molar-refractivity contribution in [1.82, 2.24) is 5.32 Å². The molecule has 82 valence electrons. The SMILES string of the molecule is CN=C(N)NCCSc1ccc(C)cc1. The molecule has 0 amide bonds. The van der Waals surface area contributed by atoms with Gasteiger partial charge in [0.1, 0.15) is 0 Å². The number of hydrogen-bond donors (Lipinski definition) is 2. The van der Waals surface area contributed by atoms with Gasteiger partial charge in [-0.15, -0.1) is 11.8 Å². The molecule has 1 aromatic rings. The summed E-state index contributed by atoms with van der Waals surface area (Å²) in [5, 5.41) is 3.02. The molecular formula is C11H17N3S. The Morgan fingerprint density at radius 1 is 1.40 bits per heavy atom. The summed E-state index contributed by atoms with van der Waals surface area (Å²) in [6.07, 6.45) is 0. The summed E-state index contributed by atoms with van der Waals surface area (Å²) in [5.41, 5.74) is 6.79. The maximum atomic E-state index is 5.50. The van der Waals surface area contributed by atoms with E-state index in [-0.39, 0.29) is 0 Å². The van der Waals surface area contributed by atoms with Gasteiger partial charge in [0.2, 0.25) is 0 Å². The second kappa shape index (κ2) is 6.35. The van der Waals surface area contributed by atoms with Gasteiger partial charge in [0.05, 0.1) is 0 Å². The van der Waals surface area contributed by atoms with Gasteiger partial charge < -0.3 is 11.1 Å². The fourth-order valence-electron chi connectivity index (χ4n) is 1.06. The van der Waals surface area contributed by atoms with Crippen molar-refractivity contribution >= 4 is 17.7 Å². The molecule has 0 fully saturated rings. The molecule has 0 aliphatic heterocycles. The van der Waals surface area contributed by atoms with E-state index < -0.39 is 0 Å². The minimum atomic E-state index is 0.500. The highest BCUT2D eigenvalue weighted by molar-refractivity contribution is 7.99. The molecule has 0 radical (unpaired) electrons. The van der Waals surface area contributed by atoms with Crippen LogP contribution in [0.5, 0.6) is 0 Å². The normalized spacial score (nSPS) is 11.5. The van der Waals surface area contributed by atoms with Crippen LogP contribution in [0.1, 0.15) is 5.56 Å².